The molecule has 0 spiro atoms. The summed E-state index contributed by atoms with van der Waals surface area (Å²) in [5.74, 6) is -0.289. The van der Waals surface area contributed by atoms with Crippen molar-refractivity contribution in [3.8, 4) is 0 Å². The van der Waals surface area contributed by atoms with Crippen molar-refractivity contribution in [3.63, 3.8) is 0 Å². The minimum atomic E-state index is -0.227. The fourth-order valence-corrected chi connectivity index (χ4v) is 3.34. The van der Waals surface area contributed by atoms with E-state index >= 15 is 0 Å². The highest BCUT2D eigenvalue weighted by Crippen LogP contribution is 2.27. The molecule has 2 amide bonds. The molecule has 2 aromatic carbocycles. The Morgan fingerprint density at radius 2 is 1.68 bits per heavy atom. The fraction of sp³-hybridized carbons (Fsp3) is 0.364. The summed E-state index contributed by atoms with van der Waals surface area (Å²) in [7, 11) is 0. The van der Waals surface area contributed by atoms with Crippen LogP contribution in [0.2, 0.25) is 0 Å². The molecule has 0 aromatic heterocycles. The van der Waals surface area contributed by atoms with E-state index in [-0.39, 0.29) is 11.8 Å². The minimum Gasteiger partial charge on any atom is -0.378 e. The molecule has 148 valence electrons. The molecule has 1 N–H and O–H groups in total. The van der Waals surface area contributed by atoms with Gasteiger partial charge in [0.05, 0.1) is 24.6 Å². The number of amides is 2. The smallest absolute Gasteiger partial charge is 0.255 e. The lowest BCUT2D eigenvalue weighted by atomic mass is 10.1. The van der Waals surface area contributed by atoms with Crippen LogP contribution in [-0.4, -0.2) is 56.1 Å². The molecule has 1 saturated heterocycles. The van der Waals surface area contributed by atoms with Gasteiger partial charge >= 0.3 is 0 Å². The first-order valence-electron chi connectivity index (χ1n) is 9.76. The molecule has 6 nitrogen and oxygen atoms in total. The fourth-order valence-electron chi connectivity index (χ4n) is 3.34. The number of morpholine rings is 1. The van der Waals surface area contributed by atoms with Gasteiger partial charge in [0, 0.05) is 37.3 Å². The first-order chi connectivity index (χ1) is 13.6. The zero-order chi connectivity index (χ0) is 19.9. The molecule has 0 radical (unpaired) electrons. The predicted molar refractivity (Wildman–Crippen MR) is 111 cm³/mol. The van der Waals surface area contributed by atoms with Gasteiger partial charge in [-0.25, -0.2) is 0 Å². The molecule has 0 atom stereocenters. The third-order valence-electron chi connectivity index (χ3n) is 4.93. The lowest BCUT2D eigenvalue weighted by Gasteiger charge is -2.30. The van der Waals surface area contributed by atoms with Gasteiger partial charge in [-0.2, -0.15) is 0 Å². The number of nitrogens with zero attached hydrogens (tertiary/aromatic N) is 2. The minimum absolute atomic E-state index is 0.0617. The topological polar surface area (TPSA) is 61.9 Å². The summed E-state index contributed by atoms with van der Waals surface area (Å²) in [4.78, 5) is 29.4. The maximum atomic E-state index is 12.9. The molecule has 28 heavy (non-hydrogen) atoms. The highest BCUT2D eigenvalue weighted by Gasteiger charge is 2.18. The Morgan fingerprint density at radius 1 is 1.00 bits per heavy atom. The molecule has 1 aliphatic rings. The summed E-state index contributed by atoms with van der Waals surface area (Å²) in [5.41, 5.74) is 2.73. The predicted octanol–water partition coefficient (Wildman–Crippen LogP) is 3.26. The van der Waals surface area contributed by atoms with Crippen molar-refractivity contribution in [2.75, 3.05) is 49.6 Å². The van der Waals surface area contributed by atoms with Crippen molar-refractivity contribution < 1.29 is 14.3 Å². The number of hydrogen-bond donors (Lipinski definition) is 1. The number of benzene rings is 2. The number of nitrogens with one attached hydrogen (secondary N) is 1. The second-order valence-corrected chi connectivity index (χ2v) is 6.63. The maximum absolute atomic E-state index is 12.9. The van der Waals surface area contributed by atoms with Crippen LogP contribution >= 0.6 is 0 Å². The van der Waals surface area contributed by atoms with E-state index in [2.05, 4.69) is 10.2 Å². The Labute approximate surface area is 166 Å². The number of para-hydroxylation sites is 2. The zero-order valence-corrected chi connectivity index (χ0v) is 16.5. The van der Waals surface area contributed by atoms with E-state index in [1.165, 1.54) is 0 Å². The molecular weight excluding hydrogens is 354 g/mol. The van der Waals surface area contributed by atoms with E-state index in [9.17, 15) is 9.59 Å². The summed E-state index contributed by atoms with van der Waals surface area (Å²) in [6.45, 7) is 8.11. The lowest BCUT2D eigenvalue weighted by Crippen LogP contribution is -2.36. The summed E-state index contributed by atoms with van der Waals surface area (Å²) in [6, 6.07) is 14.6. The first-order valence-corrected chi connectivity index (χ1v) is 9.76. The van der Waals surface area contributed by atoms with E-state index in [4.69, 9.17) is 4.74 Å². The zero-order valence-electron chi connectivity index (χ0n) is 16.5. The monoisotopic (exact) mass is 381 g/mol. The average Bonchev–Trinajstić information content (AvgIpc) is 2.75. The summed E-state index contributed by atoms with van der Waals surface area (Å²) < 4.78 is 5.42. The summed E-state index contributed by atoms with van der Waals surface area (Å²) in [5, 5.41) is 3.00. The Balaban J connectivity index is 1.79. The molecule has 2 aromatic rings. The molecule has 1 fully saturated rings. The Hall–Kier alpha value is -2.86. The van der Waals surface area contributed by atoms with Crippen molar-refractivity contribution in [1.82, 2.24) is 4.90 Å². The van der Waals surface area contributed by atoms with Crippen LogP contribution in [0.5, 0.6) is 0 Å². The number of rotatable bonds is 6. The van der Waals surface area contributed by atoms with Gasteiger partial charge in [0.1, 0.15) is 0 Å². The average molecular weight is 381 g/mol. The standard InChI is InChI=1S/C22H27N3O3/c1-3-24(4-2)22(27)18-9-7-8-17(16-18)21(26)23-19-10-5-6-11-20(19)25-12-14-28-15-13-25/h5-11,16H,3-4,12-15H2,1-2H3,(H,23,26). The third kappa shape index (κ3) is 4.51. The number of carbonyl (C=O) groups is 2. The second kappa shape index (κ2) is 9.37. The number of anilines is 2. The molecular formula is C22H27N3O3. The van der Waals surface area contributed by atoms with Gasteiger partial charge in [-0.15, -0.1) is 0 Å². The van der Waals surface area contributed by atoms with Gasteiger partial charge in [0.15, 0.2) is 0 Å². The van der Waals surface area contributed by atoms with Crippen molar-refractivity contribution in [2.45, 2.75) is 13.8 Å². The molecule has 0 aliphatic carbocycles. The Kier molecular flexibility index (Phi) is 6.66. The summed E-state index contributed by atoms with van der Waals surface area (Å²) >= 11 is 0. The quantitative estimate of drug-likeness (QED) is 0.834. The first kappa shape index (κ1) is 19.9. The molecule has 1 aliphatic heterocycles. The van der Waals surface area contributed by atoms with Gasteiger partial charge < -0.3 is 19.9 Å². The molecule has 6 heteroatoms. The number of carbonyl (C=O) groups excluding carboxylic acids is 2. The van der Waals surface area contributed by atoms with Crippen LogP contribution in [0, 0.1) is 0 Å². The molecule has 0 bridgehead atoms. The van der Waals surface area contributed by atoms with Crippen molar-refractivity contribution in [2.24, 2.45) is 0 Å². The van der Waals surface area contributed by atoms with Crippen LogP contribution in [0.15, 0.2) is 48.5 Å². The maximum Gasteiger partial charge on any atom is 0.255 e. The molecule has 0 saturated carbocycles. The van der Waals surface area contributed by atoms with Crippen molar-refractivity contribution in [3.05, 3.63) is 59.7 Å². The van der Waals surface area contributed by atoms with E-state index in [1.54, 1.807) is 29.2 Å². The van der Waals surface area contributed by atoms with Gasteiger partial charge in [0.2, 0.25) is 0 Å². The van der Waals surface area contributed by atoms with Crippen LogP contribution in [0.1, 0.15) is 34.6 Å². The normalized spacial score (nSPS) is 13.9. The van der Waals surface area contributed by atoms with Gasteiger partial charge in [-0.1, -0.05) is 18.2 Å². The van der Waals surface area contributed by atoms with Gasteiger partial charge in [-0.05, 0) is 44.2 Å². The largest absolute Gasteiger partial charge is 0.378 e. The Morgan fingerprint density at radius 3 is 2.39 bits per heavy atom. The molecule has 0 unspecified atom stereocenters. The van der Waals surface area contributed by atoms with Crippen LogP contribution < -0.4 is 10.2 Å². The van der Waals surface area contributed by atoms with Crippen molar-refractivity contribution >= 4 is 23.2 Å². The van der Waals surface area contributed by atoms with Crippen LogP contribution in [-0.2, 0) is 4.74 Å². The highest BCUT2D eigenvalue weighted by atomic mass is 16.5. The van der Waals surface area contributed by atoms with Gasteiger partial charge in [0.25, 0.3) is 11.8 Å². The Bertz CT molecular complexity index is 827. The molecule has 3 rings (SSSR count). The second-order valence-electron chi connectivity index (χ2n) is 6.63. The van der Waals surface area contributed by atoms with E-state index in [0.29, 0.717) is 37.4 Å². The van der Waals surface area contributed by atoms with E-state index in [0.717, 1.165) is 24.5 Å². The summed E-state index contributed by atoms with van der Waals surface area (Å²) in [6.07, 6.45) is 0. The van der Waals surface area contributed by atoms with Crippen LogP contribution in [0.4, 0.5) is 11.4 Å². The molecule has 1 heterocycles. The lowest BCUT2D eigenvalue weighted by molar-refractivity contribution is 0.0773. The van der Waals surface area contributed by atoms with Crippen LogP contribution in [0.3, 0.4) is 0 Å². The van der Waals surface area contributed by atoms with Gasteiger partial charge in [-0.3, -0.25) is 9.59 Å². The number of hydrogen-bond acceptors (Lipinski definition) is 4. The number of ether oxygens (including phenoxy) is 1. The van der Waals surface area contributed by atoms with Crippen LogP contribution in [0.25, 0.3) is 0 Å². The van der Waals surface area contributed by atoms with Crippen molar-refractivity contribution in [1.29, 1.82) is 0 Å². The van der Waals surface area contributed by atoms with E-state index in [1.807, 2.05) is 38.1 Å². The highest BCUT2D eigenvalue weighted by molar-refractivity contribution is 6.07. The van der Waals surface area contributed by atoms with E-state index < -0.39 is 0 Å². The third-order valence-corrected chi connectivity index (χ3v) is 4.93. The SMILES string of the molecule is CCN(CC)C(=O)c1cccc(C(=O)Nc2ccccc2N2CCOCC2)c1.